The molecule has 0 fully saturated rings. The molecule has 0 radical (unpaired) electrons. The number of hydrogen-bond donors (Lipinski definition) is 0. The molecule has 0 aliphatic carbocycles. The molecule has 2 aromatic heterocycles. The molecule has 0 saturated carbocycles. The lowest BCUT2D eigenvalue weighted by atomic mass is 10.3. The molecule has 12 heavy (non-hydrogen) atoms. The van der Waals surface area contributed by atoms with Gasteiger partial charge in [-0.2, -0.15) is 5.10 Å². The number of aryl methyl sites for hydroxylation is 1. The second-order valence-electron chi connectivity index (χ2n) is 2.61. The van der Waals surface area contributed by atoms with Crippen LogP contribution in [0.4, 0.5) is 0 Å². The van der Waals surface area contributed by atoms with Gasteiger partial charge in [-0.1, -0.05) is 11.6 Å². The zero-order chi connectivity index (χ0) is 8.72. The van der Waals surface area contributed by atoms with Crippen molar-refractivity contribution >= 4 is 33.0 Å². The molecule has 2 aromatic rings. The summed E-state index contributed by atoms with van der Waals surface area (Å²) in [6.45, 7) is 1.94. The predicted octanol–water partition coefficient (Wildman–Crippen LogP) is 3.06. The minimum absolute atomic E-state index is 0.541. The summed E-state index contributed by atoms with van der Waals surface area (Å²) < 4.78 is 2.68. The number of nitrogens with zero attached hydrogens (tertiary/aromatic N) is 2. The largest absolute Gasteiger partial charge is 0.225 e. The monoisotopic (exact) mass is 244 g/mol. The molecular weight excluding hydrogens is 239 g/mol. The molecule has 0 unspecified atom stereocenters. The van der Waals surface area contributed by atoms with Crippen molar-refractivity contribution in [3.8, 4) is 0 Å². The van der Waals surface area contributed by atoms with Crippen molar-refractivity contribution in [2.45, 2.75) is 6.92 Å². The molecule has 2 rings (SSSR count). The third-order valence-electron chi connectivity index (χ3n) is 1.72. The molecule has 0 aliphatic heterocycles. The first-order valence-electron chi connectivity index (χ1n) is 3.49. The summed E-state index contributed by atoms with van der Waals surface area (Å²) in [4.78, 5) is 0. The highest BCUT2D eigenvalue weighted by atomic mass is 79.9. The first-order valence-corrected chi connectivity index (χ1v) is 4.66. The molecule has 0 aliphatic rings. The summed E-state index contributed by atoms with van der Waals surface area (Å²) in [6.07, 6.45) is 0. The van der Waals surface area contributed by atoms with E-state index >= 15 is 0 Å². The Hall–Kier alpha value is -0.540. The molecule has 0 bridgehead atoms. The Morgan fingerprint density at radius 3 is 3.00 bits per heavy atom. The number of aromatic nitrogens is 2. The Balaban J connectivity index is 2.87. The van der Waals surface area contributed by atoms with Crippen molar-refractivity contribution in [1.29, 1.82) is 0 Å². The van der Waals surface area contributed by atoms with Gasteiger partial charge in [0.25, 0.3) is 0 Å². The van der Waals surface area contributed by atoms with Gasteiger partial charge in [-0.25, -0.2) is 4.52 Å². The second kappa shape index (κ2) is 2.75. The predicted molar refractivity (Wildman–Crippen MR) is 52.6 cm³/mol. The van der Waals surface area contributed by atoms with Crippen molar-refractivity contribution in [1.82, 2.24) is 9.61 Å². The van der Waals surface area contributed by atoms with Gasteiger partial charge in [0, 0.05) is 0 Å². The second-order valence-corrected chi connectivity index (χ2v) is 3.78. The molecule has 0 saturated heterocycles. The van der Waals surface area contributed by atoms with Crippen LogP contribution in [0.15, 0.2) is 22.8 Å². The van der Waals surface area contributed by atoms with Gasteiger partial charge in [0.1, 0.15) is 4.60 Å². The topological polar surface area (TPSA) is 17.3 Å². The maximum atomic E-state index is 5.86. The minimum atomic E-state index is 0.541. The smallest absolute Gasteiger partial charge is 0.152 e. The molecule has 2 nitrogen and oxygen atoms in total. The van der Waals surface area contributed by atoms with Crippen molar-refractivity contribution in [3.63, 3.8) is 0 Å². The third kappa shape index (κ3) is 1.13. The lowest BCUT2D eigenvalue weighted by Crippen LogP contribution is -1.93. The Morgan fingerprint density at radius 1 is 1.50 bits per heavy atom. The highest BCUT2D eigenvalue weighted by molar-refractivity contribution is 9.10. The highest BCUT2D eigenvalue weighted by Gasteiger charge is 2.02. The summed E-state index contributed by atoms with van der Waals surface area (Å²) in [5.74, 6) is 0. The fraction of sp³-hybridized carbons (Fsp3) is 0.125. The van der Waals surface area contributed by atoms with Crippen LogP contribution in [0.5, 0.6) is 0 Å². The van der Waals surface area contributed by atoms with Crippen molar-refractivity contribution in [3.05, 3.63) is 33.5 Å². The average molecular weight is 246 g/mol. The van der Waals surface area contributed by atoms with Gasteiger partial charge < -0.3 is 0 Å². The van der Waals surface area contributed by atoms with Crippen LogP contribution < -0.4 is 0 Å². The van der Waals surface area contributed by atoms with E-state index in [2.05, 4.69) is 21.0 Å². The number of rotatable bonds is 0. The van der Waals surface area contributed by atoms with Gasteiger partial charge in [0.15, 0.2) is 5.15 Å². The number of halogens is 2. The Bertz CT molecular complexity index is 436. The van der Waals surface area contributed by atoms with E-state index < -0.39 is 0 Å². The van der Waals surface area contributed by atoms with Crippen LogP contribution in [-0.2, 0) is 0 Å². The lowest BCUT2D eigenvalue weighted by Gasteiger charge is -1.99. The Labute approximate surface area is 83.3 Å². The van der Waals surface area contributed by atoms with E-state index in [4.69, 9.17) is 11.6 Å². The number of hydrogen-bond acceptors (Lipinski definition) is 1. The van der Waals surface area contributed by atoms with Gasteiger partial charge >= 0.3 is 0 Å². The first kappa shape index (κ1) is 8.08. The van der Waals surface area contributed by atoms with Gasteiger partial charge in [-0.3, -0.25) is 0 Å². The lowest BCUT2D eigenvalue weighted by molar-refractivity contribution is 0.912. The van der Waals surface area contributed by atoms with E-state index in [1.807, 2.05) is 25.1 Å². The molecular formula is C8H6BrClN2. The van der Waals surface area contributed by atoms with E-state index in [9.17, 15) is 0 Å². The normalized spacial score (nSPS) is 10.9. The van der Waals surface area contributed by atoms with E-state index in [1.54, 1.807) is 4.52 Å². The van der Waals surface area contributed by atoms with Crippen LogP contribution in [0.2, 0.25) is 5.15 Å². The molecule has 0 N–H and O–H groups in total. The van der Waals surface area contributed by atoms with Crippen molar-refractivity contribution in [2.75, 3.05) is 0 Å². The average Bonchev–Trinajstić information content (AvgIpc) is 2.35. The summed E-state index contributed by atoms with van der Waals surface area (Å²) in [6, 6.07) is 5.93. The van der Waals surface area contributed by atoms with E-state index in [0.29, 0.717) is 5.15 Å². The minimum Gasteiger partial charge on any atom is -0.225 e. The summed E-state index contributed by atoms with van der Waals surface area (Å²) in [5.41, 5.74) is 2.04. The van der Waals surface area contributed by atoms with Crippen LogP contribution in [0.3, 0.4) is 0 Å². The SMILES string of the molecule is Cc1cc2ccc(Br)n2nc1Cl. The molecule has 0 spiro atoms. The maximum Gasteiger partial charge on any atom is 0.152 e. The molecule has 0 aromatic carbocycles. The summed E-state index contributed by atoms with van der Waals surface area (Å²) >= 11 is 9.23. The van der Waals surface area contributed by atoms with Crippen LogP contribution in [0.25, 0.3) is 5.52 Å². The van der Waals surface area contributed by atoms with Crippen molar-refractivity contribution < 1.29 is 0 Å². The Morgan fingerprint density at radius 2 is 2.25 bits per heavy atom. The summed E-state index contributed by atoms with van der Waals surface area (Å²) in [5, 5.41) is 4.71. The summed E-state index contributed by atoms with van der Waals surface area (Å²) in [7, 11) is 0. The van der Waals surface area contributed by atoms with Gasteiger partial charge in [-0.15, -0.1) is 0 Å². The van der Waals surface area contributed by atoms with Crippen molar-refractivity contribution in [2.24, 2.45) is 0 Å². The zero-order valence-corrected chi connectivity index (χ0v) is 8.72. The van der Waals surface area contributed by atoms with Crippen LogP contribution in [0.1, 0.15) is 5.56 Å². The van der Waals surface area contributed by atoms with Crippen LogP contribution in [-0.4, -0.2) is 9.61 Å². The quantitative estimate of drug-likeness (QED) is 0.697. The van der Waals surface area contributed by atoms with E-state index in [1.165, 1.54) is 0 Å². The molecule has 0 amide bonds. The Kier molecular flexibility index (Phi) is 1.85. The third-order valence-corrected chi connectivity index (χ3v) is 2.69. The zero-order valence-electron chi connectivity index (χ0n) is 6.38. The van der Waals surface area contributed by atoms with Gasteiger partial charge in [-0.05, 0) is 46.6 Å². The van der Waals surface area contributed by atoms with Gasteiger partial charge in [0.2, 0.25) is 0 Å². The van der Waals surface area contributed by atoms with Gasteiger partial charge in [0.05, 0.1) is 5.52 Å². The first-order chi connectivity index (χ1) is 5.68. The number of fused-ring (bicyclic) bond motifs is 1. The highest BCUT2D eigenvalue weighted by Crippen LogP contribution is 2.19. The van der Waals surface area contributed by atoms with Crippen LogP contribution >= 0.6 is 27.5 Å². The molecule has 4 heteroatoms. The fourth-order valence-corrected chi connectivity index (χ4v) is 1.63. The fourth-order valence-electron chi connectivity index (χ4n) is 1.08. The maximum absolute atomic E-state index is 5.86. The van der Waals surface area contributed by atoms with Crippen LogP contribution in [0, 0.1) is 6.92 Å². The standard InChI is InChI=1S/C8H6BrClN2/c1-5-4-6-2-3-7(9)12(6)11-8(5)10/h2-4H,1H3. The van der Waals surface area contributed by atoms with E-state index in [-0.39, 0.29) is 0 Å². The van der Waals surface area contributed by atoms with E-state index in [0.717, 1.165) is 15.7 Å². The molecule has 62 valence electrons. The molecule has 2 heterocycles. The molecule has 0 atom stereocenters.